The summed E-state index contributed by atoms with van der Waals surface area (Å²) in [4.78, 5) is 21.3. The quantitative estimate of drug-likeness (QED) is 0.734. The first-order valence-electron chi connectivity index (χ1n) is 11.3. The Morgan fingerprint density at radius 1 is 1.03 bits per heavy atom. The van der Waals surface area contributed by atoms with Crippen molar-refractivity contribution in [1.82, 2.24) is 9.80 Å². The van der Waals surface area contributed by atoms with Crippen LogP contribution in [0.25, 0.3) is 0 Å². The fourth-order valence-corrected chi connectivity index (χ4v) is 5.76. The summed E-state index contributed by atoms with van der Waals surface area (Å²) in [6.07, 6.45) is 4.79. The van der Waals surface area contributed by atoms with Crippen LogP contribution in [0, 0.1) is 5.92 Å². The van der Waals surface area contributed by atoms with Gasteiger partial charge in [0.25, 0.3) is 0 Å². The number of nitrogens with zero attached hydrogens (tertiary/aromatic N) is 3. The van der Waals surface area contributed by atoms with Crippen molar-refractivity contribution in [1.29, 1.82) is 0 Å². The molecule has 0 spiro atoms. The number of carbonyl (C=O) groups excluding carboxylic acids is 1. The third-order valence-corrected chi connectivity index (χ3v) is 7.81. The van der Waals surface area contributed by atoms with E-state index >= 15 is 0 Å². The molecule has 1 atom stereocenters. The number of morpholine rings is 1. The highest BCUT2D eigenvalue weighted by Crippen LogP contribution is 2.37. The maximum absolute atomic E-state index is 13.2. The van der Waals surface area contributed by atoms with Gasteiger partial charge >= 0.3 is 0 Å². The zero-order valence-electron chi connectivity index (χ0n) is 17.7. The van der Waals surface area contributed by atoms with Gasteiger partial charge < -0.3 is 9.64 Å². The molecule has 3 heterocycles. The lowest BCUT2D eigenvalue weighted by Gasteiger charge is -2.34. The smallest absolute Gasteiger partial charge is 0.241 e. The van der Waals surface area contributed by atoms with E-state index in [0.717, 1.165) is 64.0 Å². The fraction of sp³-hybridized carbons (Fsp3) is 0.696. The summed E-state index contributed by atoms with van der Waals surface area (Å²) in [5.74, 6) is 1.07. The first-order chi connectivity index (χ1) is 14.2. The first kappa shape index (κ1) is 21.2. The molecule has 160 valence electrons. The summed E-state index contributed by atoms with van der Waals surface area (Å²) in [7, 11) is 0. The van der Waals surface area contributed by atoms with Crippen LogP contribution in [-0.2, 0) is 9.53 Å². The molecular weight excluding hydrogens is 382 g/mol. The monoisotopic (exact) mass is 417 g/mol. The maximum Gasteiger partial charge on any atom is 0.241 e. The number of hydrogen-bond donors (Lipinski definition) is 0. The molecule has 3 aliphatic heterocycles. The van der Waals surface area contributed by atoms with Crippen molar-refractivity contribution >= 4 is 23.4 Å². The van der Waals surface area contributed by atoms with Crippen molar-refractivity contribution in [3.05, 3.63) is 24.3 Å². The molecule has 5 nitrogen and oxygen atoms in total. The van der Waals surface area contributed by atoms with Crippen LogP contribution >= 0.6 is 11.8 Å². The number of likely N-dealkylation sites (tertiary alicyclic amines) is 1. The lowest BCUT2D eigenvalue weighted by atomic mass is 9.93. The van der Waals surface area contributed by atoms with Crippen LogP contribution in [0.1, 0.15) is 32.6 Å². The summed E-state index contributed by atoms with van der Waals surface area (Å²) in [6, 6.07) is 8.39. The number of fused-ring (bicyclic) bond motifs is 1. The molecule has 0 bridgehead atoms. The number of para-hydroxylation sites is 1. The Kier molecular flexibility index (Phi) is 7.51. The highest BCUT2D eigenvalue weighted by atomic mass is 32.2. The van der Waals surface area contributed by atoms with Gasteiger partial charge in [-0.25, -0.2) is 0 Å². The summed E-state index contributed by atoms with van der Waals surface area (Å²) in [6.45, 7) is 10.9. The number of rotatable bonds is 5. The number of amides is 1. The van der Waals surface area contributed by atoms with E-state index in [0.29, 0.717) is 11.8 Å². The molecule has 1 amide bonds. The Morgan fingerprint density at radius 3 is 2.59 bits per heavy atom. The Labute approximate surface area is 179 Å². The third kappa shape index (κ3) is 5.75. The van der Waals surface area contributed by atoms with Crippen molar-refractivity contribution in [2.75, 3.05) is 63.9 Å². The van der Waals surface area contributed by atoms with Gasteiger partial charge in [-0.15, -0.1) is 11.8 Å². The number of ether oxygens (including phenoxy) is 1. The zero-order valence-corrected chi connectivity index (χ0v) is 18.5. The van der Waals surface area contributed by atoms with Gasteiger partial charge in [0.15, 0.2) is 0 Å². The Balaban J connectivity index is 1.25. The van der Waals surface area contributed by atoms with E-state index in [2.05, 4.69) is 41.0 Å². The molecule has 0 unspecified atom stereocenters. The molecule has 0 radical (unpaired) electrons. The number of anilines is 1. The molecule has 1 aromatic rings. The molecule has 2 fully saturated rings. The second-order valence-corrected chi connectivity index (χ2v) is 10.2. The third-order valence-electron chi connectivity index (χ3n) is 6.57. The molecule has 6 heteroatoms. The van der Waals surface area contributed by atoms with E-state index in [-0.39, 0.29) is 5.91 Å². The summed E-state index contributed by atoms with van der Waals surface area (Å²) >= 11 is 1.90. The zero-order chi connectivity index (χ0) is 20.1. The van der Waals surface area contributed by atoms with Gasteiger partial charge in [0.05, 0.1) is 25.4 Å². The predicted octanol–water partition coefficient (Wildman–Crippen LogP) is 3.34. The van der Waals surface area contributed by atoms with Crippen LogP contribution in [0.4, 0.5) is 5.69 Å². The summed E-state index contributed by atoms with van der Waals surface area (Å²) in [5.41, 5.74) is 1.10. The van der Waals surface area contributed by atoms with Gasteiger partial charge in [-0.05, 0) is 63.4 Å². The van der Waals surface area contributed by atoms with Gasteiger partial charge in [-0.3, -0.25) is 14.6 Å². The second-order valence-electron chi connectivity index (χ2n) is 8.69. The van der Waals surface area contributed by atoms with E-state index in [1.165, 1.54) is 30.7 Å². The molecule has 0 aliphatic carbocycles. The van der Waals surface area contributed by atoms with Gasteiger partial charge in [0.1, 0.15) is 0 Å². The SMILES string of the molecule is C[C@@H]1CCN(C(=O)CN2CCC(CCN3CCOCC3)CC2)c2ccccc2S1. The molecule has 0 aromatic heterocycles. The van der Waals surface area contributed by atoms with Crippen LogP contribution in [0.15, 0.2) is 29.2 Å². The number of carbonyl (C=O) groups is 1. The predicted molar refractivity (Wildman–Crippen MR) is 120 cm³/mol. The van der Waals surface area contributed by atoms with Crippen LogP contribution in [0.3, 0.4) is 0 Å². The molecule has 0 N–H and O–H groups in total. The van der Waals surface area contributed by atoms with Crippen LogP contribution in [0.2, 0.25) is 0 Å². The highest BCUT2D eigenvalue weighted by molar-refractivity contribution is 8.00. The summed E-state index contributed by atoms with van der Waals surface area (Å²) in [5, 5.41) is 0.552. The largest absolute Gasteiger partial charge is 0.379 e. The number of benzene rings is 1. The van der Waals surface area contributed by atoms with E-state index in [1.54, 1.807) is 0 Å². The lowest BCUT2D eigenvalue weighted by molar-refractivity contribution is -0.120. The van der Waals surface area contributed by atoms with Crippen molar-refractivity contribution in [3.63, 3.8) is 0 Å². The fourth-order valence-electron chi connectivity index (χ4n) is 4.65. The minimum atomic E-state index is 0.263. The maximum atomic E-state index is 13.2. The van der Waals surface area contributed by atoms with E-state index in [4.69, 9.17) is 4.74 Å². The van der Waals surface area contributed by atoms with Crippen LogP contribution in [-0.4, -0.2) is 80.0 Å². The Hall–Kier alpha value is -1.08. The average Bonchev–Trinajstić information content (AvgIpc) is 2.92. The highest BCUT2D eigenvalue weighted by Gasteiger charge is 2.27. The van der Waals surface area contributed by atoms with Crippen molar-refractivity contribution in [2.24, 2.45) is 5.92 Å². The van der Waals surface area contributed by atoms with Crippen molar-refractivity contribution in [3.8, 4) is 0 Å². The minimum Gasteiger partial charge on any atom is -0.379 e. The molecule has 3 aliphatic rings. The first-order valence-corrected chi connectivity index (χ1v) is 12.2. The molecular formula is C23H35N3O2S. The van der Waals surface area contributed by atoms with Crippen molar-refractivity contribution < 1.29 is 9.53 Å². The Morgan fingerprint density at radius 2 is 1.79 bits per heavy atom. The van der Waals surface area contributed by atoms with Crippen LogP contribution < -0.4 is 4.90 Å². The average molecular weight is 418 g/mol. The standard InChI is InChI=1S/C23H35N3O2S/c1-19-6-13-26(21-4-2-3-5-22(21)29-19)23(27)18-25-11-8-20(9-12-25)7-10-24-14-16-28-17-15-24/h2-5,19-20H,6-18H2,1H3/t19-/m1/s1. The van der Waals surface area contributed by atoms with Gasteiger partial charge in [0, 0.05) is 29.8 Å². The molecule has 4 rings (SSSR count). The van der Waals surface area contributed by atoms with E-state index in [1.807, 2.05) is 16.7 Å². The molecule has 0 saturated carbocycles. The second kappa shape index (κ2) is 10.3. The molecule has 29 heavy (non-hydrogen) atoms. The van der Waals surface area contributed by atoms with Gasteiger partial charge in [0.2, 0.25) is 5.91 Å². The van der Waals surface area contributed by atoms with E-state index in [9.17, 15) is 4.79 Å². The molecule has 2 saturated heterocycles. The van der Waals surface area contributed by atoms with Crippen molar-refractivity contribution in [2.45, 2.75) is 42.8 Å². The lowest BCUT2D eigenvalue weighted by Crippen LogP contribution is -2.44. The van der Waals surface area contributed by atoms with E-state index < -0.39 is 0 Å². The summed E-state index contributed by atoms with van der Waals surface area (Å²) < 4.78 is 5.44. The minimum absolute atomic E-state index is 0.263. The van der Waals surface area contributed by atoms with Crippen LogP contribution in [0.5, 0.6) is 0 Å². The molecule has 1 aromatic carbocycles. The normalized spacial score (nSPS) is 24.9. The topological polar surface area (TPSA) is 36.0 Å². The number of hydrogen-bond acceptors (Lipinski definition) is 5. The number of thioether (sulfide) groups is 1. The number of piperidine rings is 1. The van der Waals surface area contributed by atoms with Gasteiger partial charge in [-0.2, -0.15) is 0 Å². The van der Waals surface area contributed by atoms with Gasteiger partial charge in [-0.1, -0.05) is 19.1 Å². The Bertz CT molecular complexity index is 672.